The average molecular weight is 348 g/mol. The molecule has 9 nitrogen and oxygen atoms in total. The molecule has 0 saturated heterocycles. The molecule has 0 spiro atoms. The number of nitrogens with zero attached hydrogens (tertiary/aromatic N) is 6. The van der Waals surface area contributed by atoms with Gasteiger partial charge in [-0.15, -0.1) is 10.2 Å². The molecule has 130 valence electrons. The molecule has 9 heteroatoms. The maximum Gasteiger partial charge on any atom is 0.204 e. The summed E-state index contributed by atoms with van der Waals surface area (Å²) in [6, 6.07) is 13.6. The number of aryl methyl sites for hydroxylation is 1. The molecule has 0 unspecified atom stereocenters. The van der Waals surface area contributed by atoms with Gasteiger partial charge in [0.2, 0.25) is 5.82 Å². The molecule has 0 aliphatic carbocycles. The third kappa shape index (κ3) is 3.15. The van der Waals surface area contributed by atoms with Crippen LogP contribution in [0.2, 0.25) is 0 Å². The Morgan fingerprint density at radius 1 is 1.19 bits per heavy atom. The van der Waals surface area contributed by atoms with Crippen molar-refractivity contribution < 1.29 is 5.21 Å². The number of aromatic amines is 1. The fraction of sp³-hybridized carbons (Fsp3) is 0.118. The summed E-state index contributed by atoms with van der Waals surface area (Å²) in [4.78, 5) is 4.33. The molecule has 0 bridgehead atoms. The third-order valence-corrected chi connectivity index (χ3v) is 3.91. The van der Waals surface area contributed by atoms with Crippen LogP contribution in [-0.4, -0.2) is 40.6 Å². The molecular formula is C17H16N8O. The molecular weight excluding hydrogens is 332 g/mol. The van der Waals surface area contributed by atoms with E-state index in [2.05, 4.69) is 55.2 Å². The largest absolute Gasteiger partial charge is 0.290 e. The number of anilines is 1. The zero-order chi connectivity index (χ0) is 17.9. The first-order valence-electron chi connectivity index (χ1n) is 7.98. The van der Waals surface area contributed by atoms with Crippen LogP contribution in [0.4, 0.5) is 5.82 Å². The molecule has 0 fully saturated rings. The van der Waals surface area contributed by atoms with E-state index in [1.54, 1.807) is 24.4 Å². The average Bonchev–Trinajstić information content (AvgIpc) is 3.32. The van der Waals surface area contributed by atoms with Crippen LogP contribution in [0.1, 0.15) is 16.8 Å². The fourth-order valence-electron chi connectivity index (χ4n) is 2.76. The summed E-state index contributed by atoms with van der Waals surface area (Å²) < 4.78 is 1.54. The highest BCUT2D eigenvalue weighted by Crippen LogP contribution is 2.21. The highest BCUT2D eigenvalue weighted by Gasteiger charge is 2.13. The minimum Gasteiger partial charge on any atom is -0.290 e. The van der Waals surface area contributed by atoms with Gasteiger partial charge in [-0.05, 0) is 29.8 Å². The Hall–Kier alpha value is -3.59. The zero-order valence-electron chi connectivity index (χ0n) is 14.0. The molecule has 4 rings (SSSR count). The van der Waals surface area contributed by atoms with E-state index >= 15 is 0 Å². The van der Waals surface area contributed by atoms with Crippen molar-refractivity contribution in [2.75, 3.05) is 5.48 Å². The van der Waals surface area contributed by atoms with Crippen LogP contribution in [0.15, 0.2) is 48.7 Å². The molecule has 1 aromatic carbocycles. The number of aromatic nitrogens is 7. The molecule has 0 saturated carbocycles. The van der Waals surface area contributed by atoms with Crippen molar-refractivity contribution in [2.24, 2.45) is 0 Å². The van der Waals surface area contributed by atoms with Gasteiger partial charge in [-0.2, -0.15) is 15.0 Å². The summed E-state index contributed by atoms with van der Waals surface area (Å²) in [5.41, 5.74) is 6.06. The first-order valence-corrected chi connectivity index (χ1v) is 7.98. The molecule has 0 aliphatic rings. The lowest BCUT2D eigenvalue weighted by molar-refractivity contribution is 0.383. The van der Waals surface area contributed by atoms with E-state index in [0.717, 1.165) is 16.8 Å². The van der Waals surface area contributed by atoms with Gasteiger partial charge in [0, 0.05) is 24.2 Å². The van der Waals surface area contributed by atoms with Crippen molar-refractivity contribution in [3.05, 3.63) is 65.5 Å². The van der Waals surface area contributed by atoms with Crippen molar-refractivity contribution in [3.63, 3.8) is 0 Å². The first-order chi connectivity index (χ1) is 12.7. The molecule has 3 N–H and O–H groups in total. The van der Waals surface area contributed by atoms with Gasteiger partial charge in [0.1, 0.15) is 0 Å². The molecule has 0 amide bonds. The minimum atomic E-state index is 0.422. The Morgan fingerprint density at radius 2 is 2.12 bits per heavy atom. The topological polar surface area (TPSA) is 117 Å². The van der Waals surface area contributed by atoms with Crippen molar-refractivity contribution in [1.82, 2.24) is 35.4 Å². The first kappa shape index (κ1) is 15.9. The molecule has 3 aromatic heterocycles. The lowest BCUT2D eigenvalue weighted by Crippen LogP contribution is -2.05. The number of hydrogen-bond acceptors (Lipinski definition) is 7. The Balaban J connectivity index is 1.68. The monoisotopic (exact) mass is 348 g/mol. The van der Waals surface area contributed by atoms with Gasteiger partial charge in [0.25, 0.3) is 0 Å². The van der Waals surface area contributed by atoms with E-state index in [4.69, 9.17) is 0 Å². The van der Waals surface area contributed by atoms with Crippen LogP contribution < -0.4 is 5.48 Å². The van der Waals surface area contributed by atoms with Crippen molar-refractivity contribution >= 4 is 5.82 Å². The predicted octanol–water partition coefficient (Wildman–Crippen LogP) is 2.15. The van der Waals surface area contributed by atoms with E-state index < -0.39 is 0 Å². The van der Waals surface area contributed by atoms with Crippen LogP contribution in [0.5, 0.6) is 0 Å². The third-order valence-electron chi connectivity index (χ3n) is 3.91. The van der Waals surface area contributed by atoms with Crippen molar-refractivity contribution in [3.8, 4) is 17.2 Å². The van der Waals surface area contributed by atoms with E-state index in [0.29, 0.717) is 23.9 Å². The van der Waals surface area contributed by atoms with Crippen molar-refractivity contribution in [2.45, 2.75) is 13.3 Å². The lowest BCUT2D eigenvalue weighted by Gasteiger charge is -2.05. The number of pyridine rings is 1. The number of benzene rings is 1. The standard InChI is InChI=1S/C17H16N8O/c1-11-3-2-4-12(7-11)8-14-10-16(22-26)25(21-14)15-9-13(5-6-18-15)17-19-23-24-20-17/h2-7,9-10,22,26H,8H2,1H3,(H,19,20,23,24). The van der Waals surface area contributed by atoms with Gasteiger partial charge in [-0.25, -0.2) is 4.98 Å². The molecule has 0 radical (unpaired) electrons. The second kappa shape index (κ2) is 6.73. The molecule has 0 aliphatic heterocycles. The SMILES string of the molecule is Cc1cccc(Cc2cc(NO)n(-c3cc(-c4nn[nH]n4)ccn3)n2)c1. The van der Waals surface area contributed by atoms with Gasteiger partial charge in [-0.3, -0.25) is 10.7 Å². The van der Waals surface area contributed by atoms with Gasteiger partial charge in [0.15, 0.2) is 11.6 Å². The van der Waals surface area contributed by atoms with E-state index in [1.165, 1.54) is 10.2 Å². The highest BCUT2D eigenvalue weighted by atomic mass is 16.5. The smallest absolute Gasteiger partial charge is 0.204 e. The Bertz CT molecular complexity index is 1020. The molecule has 0 atom stereocenters. The lowest BCUT2D eigenvalue weighted by atomic mass is 10.1. The van der Waals surface area contributed by atoms with Crippen molar-refractivity contribution in [1.29, 1.82) is 0 Å². The van der Waals surface area contributed by atoms with Gasteiger partial charge in [-0.1, -0.05) is 29.8 Å². The van der Waals surface area contributed by atoms with Crippen LogP contribution in [0.3, 0.4) is 0 Å². The van der Waals surface area contributed by atoms with Crippen LogP contribution in [0, 0.1) is 6.92 Å². The van der Waals surface area contributed by atoms with E-state index in [-0.39, 0.29) is 0 Å². The maximum atomic E-state index is 9.48. The Labute approximate surface area is 148 Å². The van der Waals surface area contributed by atoms with E-state index in [9.17, 15) is 5.21 Å². The summed E-state index contributed by atoms with van der Waals surface area (Å²) in [5, 5.41) is 28.0. The molecule has 4 aromatic rings. The minimum absolute atomic E-state index is 0.422. The fourth-order valence-corrected chi connectivity index (χ4v) is 2.76. The van der Waals surface area contributed by atoms with Crippen LogP contribution >= 0.6 is 0 Å². The Morgan fingerprint density at radius 3 is 2.88 bits per heavy atom. The predicted molar refractivity (Wildman–Crippen MR) is 93.9 cm³/mol. The number of hydrogen-bond donors (Lipinski definition) is 3. The summed E-state index contributed by atoms with van der Waals surface area (Å²) in [7, 11) is 0. The second-order valence-corrected chi connectivity index (χ2v) is 5.85. The zero-order valence-corrected chi connectivity index (χ0v) is 14.0. The summed E-state index contributed by atoms with van der Waals surface area (Å²) in [6.07, 6.45) is 2.28. The number of H-pyrrole nitrogens is 1. The maximum absolute atomic E-state index is 9.48. The summed E-state index contributed by atoms with van der Waals surface area (Å²) in [5.74, 6) is 1.41. The van der Waals surface area contributed by atoms with E-state index in [1.807, 2.05) is 12.1 Å². The highest BCUT2D eigenvalue weighted by molar-refractivity contribution is 5.57. The summed E-state index contributed by atoms with van der Waals surface area (Å²) >= 11 is 0. The summed E-state index contributed by atoms with van der Waals surface area (Å²) in [6.45, 7) is 2.05. The second-order valence-electron chi connectivity index (χ2n) is 5.85. The van der Waals surface area contributed by atoms with Gasteiger partial charge in [0.05, 0.1) is 5.69 Å². The number of nitrogens with one attached hydrogen (secondary N) is 2. The van der Waals surface area contributed by atoms with Crippen LogP contribution in [0.25, 0.3) is 17.2 Å². The normalized spacial score (nSPS) is 10.8. The number of rotatable bonds is 5. The van der Waals surface area contributed by atoms with Crippen LogP contribution in [-0.2, 0) is 6.42 Å². The molecule has 3 heterocycles. The molecule has 26 heavy (non-hydrogen) atoms. The Kier molecular flexibility index (Phi) is 4.12. The number of tetrazole rings is 1. The van der Waals surface area contributed by atoms with Gasteiger partial charge < -0.3 is 0 Å². The van der Waals surface area contributed by atoms with Gasteiger partial charge >= 0.3 is 0 Å². The quantitative estimate of drug-likeness (QED) is 0.473.